The van der Waals surface area contributed by atoms with E-state index < -0.39 is 10.4 Å². The topological polar surface area (TPSA) is 114 Å². The average Bonchev–Trinajstić information content (AvgIpc) is 1.36. The molecule has 0 aromatic carbocycles. The van der Waals surface area contributed by atoms with Crippen molar-refractivity contribution in [2.24, 2.45) is 0 Å². The number of nitroso groups, excluding NO2 is 1. The van der Waals surface area contributed by atoms with Crippen molar-refractivity contribution in [3.8, 4) is 0 Å². The van der Waals surface area contributed by atoms with Crippen LogP contribution in [0.1, 0.15) is 0 Å². The molecule has 0 aromatic rings. The van der Waals surface area contributed by atoms with Crippen LogP contribution in [0.25, 0.3) is 0 Å². The van der Waals surface area contributed by atoms with Gasteiger partial charge in [0.2, 0.25) is 0 Å². The molecule has 0 atom stereocenters. The van der Waals surface area contributed by atoms with Crippen LogP contribution in [0.4, 0.5) is 0 Å². The average molecular weight is 128 g/mol. The Morgan fingerprint density at radius 2 is 1.14 bits per heavy atom. The Labute approximate surface area is 39.5 Å². The molecule has 0 saturated carbocycles. The van der Waals surface area contributed by atoms with E-state index in [2.05, 4.69) is 0 Å². The fraction of sp³-hybridized carbons (Fsp3) is 0. The van der Waals surface area contributed by atoms with E-state index in [0.717, 1.165) is 0 Å². The zero-order chi connectivity index (χ0) is 6.50. The number of rotatable bonds is 0. The number of hydrogen-bond donors (Lipinski definition) is 2. The van der Waals surface area contributed by atoms with E-state index in [4.69, 9.17) is 28.0 Å². The molecule has 7 heteroatoms. The molecule has 0 amide bonds. The van der Waals surface area contributed by atoms with Gasteiger partial charge in [-0.25, -0.2) is 0 Å². The SMILES string of the molecule is O=S(=O)(O)O.[N+]=O. The van der Waals surface area contributed by atoms with Crippen LogP contribution in [-0.4, -0.2) is 17.5 Å². The van der Waals surface area contributed by atoms with Gasteiger partial charge in [0.1, 0.15) is 0 Å². The van der Waals surface area contributed by atoms with Crippen LogP contribution in [0.15, 0.2) is 0 Å². The summed E-state index contributed by atoms with van der Waals surface area (Å²) in [5.74, 6) is 0. The summed E-state index contributed by atoms with van der Waals surface area (Å²) in [4.78, 5) is 7.25. The van der Waals surface area contributed by atoms with Gasteiger partial charge in [-0.05, 0) is 0 Å². The van der Waals surface area contributed by atoms with Crippen LogP contribution in [0.2, 0.25) is 0 Å². The lowest BCUT2D eigenvalue weighted by Crippen LogP contribution is -1.89. The first-order chi connectivity index (χ1) is 3.00. The highest BCUT2D eigenvalue weighted by Crippen LogP contribution is 1.59. The van der Waals surface area contributed by atoms with Crippen molar-refractivity contribution in [3.63, 3.8) is 0 Å². The molecule has 0 heterocycles. The summed E-state index contributed by atoms with van der Waals surface area (Å²) in [6.07, 6.45) is 0. The largest absolute Gasteiger partial charge is 0.813 e. The van der Waals surface area contributed by atoms with Gasteiger partial charge in [-0.1, -0.05) is 0 Å². The summed E-state index contributed by atoms with van der Waals surface area (Å²) in [6, 6.07) is 0. The van der Waals surface area contributed by atoms with Gasteiger partial charge in [-0.15, -0.1) is 0 Å². The van der Waals surface area contributed by atoms with Crippen LogP contribution >= 0.6 is 0 Å². The molecule has 0 saturated heterocycles. The lowest BCUT2D eigenvalue weighted by Gasteiger charge is -1.68. The van der Waals surface area contributed by atoms with E-state index in [-0.39, 0.29) is 0 Å². The maximum atomic E-state index is 8.74. The highest BCUT2D eigenvalue weighted by molar-refractivity contribution is 7.79. The lowest BCUT2D eigenvalue weighted by molar-refractivity contribution is 0.381. The van der Waals surface area contributed by atoms with Gasteiger partial charge in [0.15, 0.2) is 4.91 Å². The summed E-state index contributed by atoms with van der Waals surface area (Å²) >= 11 is 0. The summed E-state index contributed by atoms with van der Waals surface area (Å²) in [5, 5.41) is 0. The Bertz CT molecular complexity index is 102. The zero-order valence-corrected chi connectivity index (χ0v) is 3.79. The second-order valence-corrected chi connectivity index (χ2v) is 1.34. The molecule has 2 N–H and O–H groups in total. The van der Waals surface area contributed by atoms with Crippen LogP contribution in [0.5, 0.6) is 0 Å². The Kier molecular flexibility index (Phi) is 5.06. The predicted octanol–water partition coefficient (Wildman–Crippen LogP) is -1.10. The summed E-state index contributed by atoms with van der Waals surface area (Å²) < 4.78 is 31.6. The third kappa shape index (κ3) is 234. The van der Waals surface area contributed by atoms with E-state index in [9.17, 15) is 0 Å². The molecule has 0 unspecified atom stereocenters. The first-order valence-corrected chi connectivity index (χ1v) is 2.28. The molecular formula is H2NO5S+. The van der Waals surface area contributed by atoms with Crippen LogP contribution in [0.3, 0.4) is 0 Å². The summed E-state index contributed by atoms with van der Waals surface area (Å²) in [6.45, 7) is 0. The third-order valence-corrected chi connectivity index (χ3v) is 0. The minimum atomic E-state index is -4.67. The van der Waals surface area contributed by atoms with Crippen LogP contribution in [0, 0.1) is 4.91 Å². The first kappa shape index (κ1) is 9.69. The molecule has 0 spiro atoms. The molecule has 6 nitrogen and oxygen atoms in total. The second-order valence-electron chi connectivity index (χ2n) is 0.448. The van der Waals surface area contributed by atoms with Crippen molar-refractivity contribution in [1.82, 2.24) is 5.59 Å². The van der Waals surface area contributed by atoms with Crippen LogP contribution < -0.4 is 5.59 Å². The number of nitrogens with zero attached hydrogens (tertiary/aromatic N) is 1. The van der Waals surface area contributed by atoms with Crippen LogP contribution in [-0.2, 0) is 10.4 Å². The van der Waals surface area contributed by atoms with E-state index in [1.165, 1.54) is 0 Å². The minimum Gasteiger partial charge on any atom is -0.264 e. The van der Waals surface area contributed by atoms with Gasteiger partial charge in [0.05, 0.1) is 0 Å². The highest BCUT2D eigenvalue weighted by Gasteiger charge is 1.84. The first-order valence-electron chi connectivity index (χ1n) is 0.881. The Morgan fingerprint density at radius 3 is 1.14 bits per heavy atom. The molecule has 0 aromatic heterocycles. The Balaban J connectivity index is 0. The number of hydrogen-bond acceptors (Lipinski definition) is 3. The van der Waals surface area contributed by atoms with Gasteiger partial charge in [0, 0.05) is 0 Å². The van der Waals surface area contributed by atoms with Gasteiger partial charge < -0.3 is 0 Å². The monoisotopic (exact) mass is 128 g/mol. The second kappa shape index (κ2) is 3.65. The van der Waals surface area contributed by atoms with Gasteiger partial charge >= 0.3 is 16.0 Å². The molecule has 0 rings (SSSR count). The maximum Gasteiger partial charge on any atom is 0.813 e. The maximum absolute atomic E-state index is 8.74. The molecule has 0 bridgehead atoms. The molecule has 0 aliphatic carbocycles. The molecule has 2 radical (unpaired) electrons. The van der Waals surface area contributed by atoms with Crippen molar-refractivity contribution < 1.29 is 17.5 Å². The molecule has 7 heavy (non-hydrogen) atoms. The third-order valence-electron chi connectivity index (χ3n) is 0. The van der Waals surface area contributed by atoms with Crippen molar-refractivity contribution in [2.75, 3.05) is 0 Å². The van der Waals surface area contributed by atoms with Crippen molar-refractivity contribution in [2.45, 2.75) is 0 Å². The molecule has 0 fully saturated rings. The fourth-order valence-corrected chi connectivity index (χ4v) is 0. The standard InChI is InChI=1S/NO.H2O4S/c1-2;1-5(2,3)4/h;(H2,1,2,3,4)/q+1;. The van der Waals surface area contributed by atoms with E-state index in [1.54, 1.807) is 0 Å². The Hall–Kier alpha value is -0.530. The van der Waals surface area contributed by atoms with Crippen molar-refractivity contribution in [3.05, 3.63) is 4.91 Å². The van der Waals surface area contributed by atoms with Crippen molar-refractivity contribution in [1.29, 1.82) is 0 Å². The lowest BCUT2D eigenvalue weighted by atomic mass is 13.8. The van der Waals surface area contributed by atoms with Gasteiger partial charge in [-0.3, -0.25) is 9.11 Å². The highest BCUT2D eigenvalue weighted by atomic mass is 32.3. The predicted molar refractivity (Wildman–Crippen MR) is 19.7 cm³/mol. The molecule has 42 valence electrons. The minimum absolute atomic E-state index is 4.67. The smallest absolute Gasteiger partial charge is 0.264 e. The summed E-state index contributed by atoms with van der Waals surface area (Å²) in [7, 11) is -4.67. The van der Waals surface area contributed by atoms with E-state index >= 15 is 0 Å². The summed E-state index contributed by atoms with van der Waals surface area (Å²) in [5.41, 5.74) is 5.75. The molecule has 0 aliphatic rings. The van der Waals surface area contributed by atoms with Gasteiger partial charge in [-0.2, -0.15) is 8.42 Å². The fourth-order valence-electron chi connectivity index (χ4n) is 0. The van der Waals surface area contributed by atoms with Crippen molar-refractivity contribution >= 4 is 10.4 Å². The molecule has 0 aliphatic heterocycles. The van der Waals surface area contributed by atoms with Gasteiger partial charge in [0.25, 0.3) is 0 Å². The Morgan fingerprint density at radius 1 is 1.14 bits per heavy atom. The normalized spacial score (nSPS) is 8.86. The van der Waals surface area contributed by atoms with E-state index in [0.29, 0.717) is 0 Å². The zero-order valence-electron chi connectivity index (χ0n) is 2.97. The van der Waals surface area contributed by atoms with E-state index in [1.807, 2.05) is 0 Å². The quantitative estimate of drug-likeness (QED) is 0.402. The molecular weight excluding hydrogens is 126 g/mol.